The molecule has 1 saturated heterocycles. The van der Waals surface area contributed by atoms with Crippen LogP contribution in [0.2, 0.25) is 0 Å². The average Bonchev–Trinajstić information content (AvgIpc) is 2.79. The van der Waals surface area contributed by atoms with E-state index in [0.717, 1.165) is 11.1 Å². The Hall–Kier alpha value is -3.42. The molecule has 1 fully saturated rings. The molecule has 1 aromatic carbocycles. The predicted octanol–water partition coefficient (Wildman–Crippen LogP) is 5.69. The molecule has 1 atom stereocenters. The first-order valence-corrected chi connectivity index (χ1v) is 12.8. The van der Waals surface area contributed by atoms with E-state index in [1.807, 2.05) is 33.8 Å². The highest BCUT2D eigenvalue weighted by atomic mass is 19.1. The monoisotopic (exact) mass is 508 g/mol. The Bertz CT molecular complexity index is 1370. The van der Waals surface area contributed by atoms with E-state index in [4.69, 9.17) is 9.72 Å². The minimum atomic E-state index is -0.563. The number of anilines is 1. The summed E-state index contributed by atoms with van der Waals surface area (Å²) in [4.78, 5) is 34.8. The largest absolute Gasteiger partial charge is 0.444 e. The van der Waals surface area contributed by atoms with Crippen molar-refractivity contribution in [3.8, 4) is 11.3 Å². The van der Waals surface area contributed by atoms with Crippen LogP contribution in [-0.2, 0) is 11.3 Å². The number of benzene rings is 1. The van der Waals surface area contributed by atoms with Crippen LogP contribution in [0.15, 0.2) is 47.3 Å². The Labute approximate surface area is 217 Å². The normalized spacial score (nSPS) is 16.8. The molecule has 37 heavy (non-hydrogen) atoms. The van der Waals surface area contributed by atoms with Gasteiger partial charge in [0.25, 0.3) is 5.56 Å². The summed E-state index contributed by atoms with van der Waals surface area (Å²) >= 11 is 0. The van der Waals surface area contributed by atoms with Crippen molar-refractivity contribution < 1.29 is 13.9 Å². The Morgan fingerprint density at radius 1 is 1.08 bits per heavy atom. The summed E-state index contributed by atoms with van der Waals surface area (Å²) in [5, 5.41) is 0.821. The molecular weight excluding hydrogens is 471 g/mol. The minimum absolute atomic E-state index is 0.0476. The van der Waals surface area contributed by atoms with Gasteiger partial charge >= 0.3 is 6.09 Å². The molecule has 1 aliphatic heterocycles. The molecule has 2 aromatic heterocycles. The van der Waals surface area contributed by atoms with E-state index in [1.165, 1.54) is 6.07 Å². The molecule has 8 heteroatoms. The smallest absolute Gasteiger partial charge is 0.410 e. The number of hydrogen-bond acceptors (Lipinski definition) is 5. The van der Waals surface area contributed by atoms with E-state index in [0.29, 0.717) is 43.1 Å². The average molecular weight is 509 g/mol. The highest BCUT2D eigenvalue weighted by molar-refractivity contribution is 5.91. The summed E-state index contributed by atoms with van der Waals surface area (Å²) in [6.45, 7) is 15.8. The fraction of sp³-hybridized carbons (Fsp3) is 0.483. The maximum Gasteiger partial charge on any atom is 0.410 e. The molecule has 1 amide bonds. The lowest BCUT2D eigenvalue weighted by atomic mass is 9.96. The lowest BCUT2D eigenvalue weighted by Crippen LogP contribution is -2.54. The van der Waals surface area contributed by atoms with Gasteiger partial charge in [-0.15, -0.1) is 0 Å². The fourth-order valence-electron chi connectivity index (χ4n) is 4.72. The molecule has 198 valence electrons. The van der Waals surface area contributed by atoms with Crippen LogP contribution in [0.3, 0.4) is 0 Å². The van der Waals surface area contributed by atoms with Crippen molar-refractivity contribution >= 4 is 22.8 Å². The number of halogens is 1. The van der Waals surface area contributed by atoms with Crippen molar-refractivity contribution in [3.05, 3.63) is 58.6 Å². The van der Waals surface area contributed by atoms with Gasteiger partial charge in [0.05, 0.1) is 11.4 Å². The molecule has 0 radical (unpaired) electrons. The highest BCUT2D eigenvalue weighted by Gasteiger charge is 2.31. The van der Waals surface area contributed by atoms with E-state index in [1.54, 1.807) is 39.8 Å². The second kappa shape index (κ2) is 9.80. The molecule has 0 unspecified atom stereocenters. The second-order valence-electron chi connectivity index (χ2n) is 12.0. The maximum atomic E-state index is 14.6. The molecular formula is C29H37FN4O3. The van der Waals surface area contributed by atoms with Crippen molar-refractivity contribution in [2.24, 2.45) is 5.41 Å². The minimum Gasteiger partial charge on any atom is -0.444 e. The first-order valence-electron chi connectivity index (χ1n) is 12.8. The van der Waals surface area contributed by atoms with Gasteiger partial charge in [-0.1, -0.05) is 32.9 Å². The van der Waals surface area contributed by atoms with Gasteiger partial charge in [-0.2, -0.15) is 0 Å². The third-order valence-electron chi connectivity index (χ3n) is 6.30. The summed E-state index contributed by atoms with van der Waals surface area (Å²) in [5.41, 5.74) is 1.29. The van der Waals surface area contributed by atoms with E-state index in [9.17, 15) is 14.0 Å². The lowest BCUT2D eigenvalue weighted by Gasteiger charge is -2.41. The predicted molar refractivity (Wildman–Crippen MR) is 145 cm³/mol. The maximum absolute atomic E-state index is 14.6. The molecule has 0 bridgehead atoms. The SMILES string of the molecule is C[C@H]1CN(C(=O)OC(C)(C)C)CCN1c1cc(=O)n(CC(C)(C)C)c2nc(-c3ccccc3F)ccc12. The van der Waals surface area contributed by atoms with Gasteiger partial charge in [0, 0.05) is 49.2 Å². The van der Waals surface area contributed by atoms with Crippen LogP contribution >= 0.6 is 0 Å². The van der Waals surface area contributed by atoms with Crippen molar-refractivity contribution in [1.82, 2.24) is 14.5 Å². The third-order valence-corrected chi connectivity index (χ3v) is 6.30. The van der Waals surface area contributed by atoms with Gasteiger partial charge in [-0.05, 0) is 57.4 Å². The summed E-state index contributed by atoms with van der Waals surface area (Å²) in [6, 6.07) is 11.9. The molecule has 0 N–H and O–H groups in total. The number of aromatic nitrogens is 2. The Balaban J connectivity index is 1.77. The molecule has 0 saturated carbocycles. The molecule has 7 nitrogen and oxygen atoms in total. The van der Waals surface area contributed by atoms with E-state index < -0.39 is 5.60 Å². The number of nitrogens with zero attached hydrogens (tertiary/aromatic N) is 4. The number of carbonyl (C=O) groups is 1. The standard InChI is InChI=1S/C29H37FN4O3/c1-19-17-32(27(36)37-29(5,6)7)14-15-33(19)24-16-25(35)34(18-28(2,3)4)26-21(24)12-13-23(31-26)20-10-8-9-11-22(20)30/h8-13,16,19H,14-15,17-18H2,1-7H3/t19-/m0/s1. The van der Waals surface area contributed by atoms with Crippen LogP contribution in [0.1, 0.15) is 48.5 Å². The number of rotatable bonds is 3. The van der Waals surface area contributed by atoms with Gasteiger partial charge in [-0.3, -0.25) is 9.36 Å². The molecule has 0 spiro atoms. The lowest BCUT2D eigenvalue weighted by molar-refractivity contribution is 0.0219. The number of ether oxygens (including phenoxy) is 1. The van der Waals surface area contributed by atoms with E-state index in [2.05, 4.69) is 25.7 Å². The van der Waals surface area contributed by atoms with Crippen molar-refractivity contribution in [3.63, 3.8) is 0 Å². The van der Waals surface area contributed by atoms with Crippen molar-refractivity contribution in [1.29, 1.82) is 0 Å². The van der Waals surface area contributed by atoms with Crippen LogP contribution in [0, 0.1) is 11.2 Å². The Morgan fingerprint density at radius 2 is 1.78 bits per heavy atom. The second-order valence-corrected chi connectivity index (χ2v) is 12.0. The topological polar surface area (TPSA) is 67.7 Å². The zero-order chi connectivity index (χ0) is 27.1. The van der Waals surface area contributed by atoms with Crippen molar-refractivity contribution in [2.75, 3.05) is 24.5 Å². The van der Waals surface area contributed by atoms with Gasteiger partial charge in [0.2, 0.25) is 0 Å². The van der Waals surface area contributed by atoms with Gasteiger partial charge in [-0.25, -0.2) is 14.2 Å². The molecule has 4 rings (SSSR count). The molecule has 3 heterocycles. The van der Waals surface area contributed by atoms with Gasteiger partial charge in [0.1, 0.15) is 17.1 Å². The molecule has 3 aromatic rings. The van der Waals surface area contributed by atoms with Crippen LogP contribution in [-0.4, -0.2) is 51.8 Å². The number of carbonyl (C=O) groups excluding carboxylic acids is 1. The van der Waals surface area contributed by atoms with Crippen LogP contribution < -0.4 is 10.5 Å². The highest BCUT2D eigenvalue weighted by Crippen LogP contribution is 2.32. The Kier molecular flexibility index (Phi) is 7.06. The number of fused-ring (bicyclic) bond motifs is 1. The fourth-order valence-corrected chi connectivity index (χ4v) is 4.72. The molecule has 0 aliphatic carbocycles. The number of hydrogen-bond donors (Lipinski definition) is 0. The van der Waals surface area contributed by atoms with Crippen LogP contribution in [0.5, 0.6) is 0 Å². The van der Waals surface area contributed by atoms with Crippen LogP contribution in [0.4, 0.5) is 14.9 Å². The third kappa shape index (κ3) is 5.95. The van der Waals surface area contributed by atoms with Crippen molar-refractivity contribution in [2.45, 2.75) is 66.7 Å². The van der Waals surface area contributed by atoms with E-state index >= 15 is 0 Å². The van der Waals surface area contributed by atoms with E-state index in [-0.39, 0.29) is 28.9 Å². The van der Waals surface area contributed by atoms with Gasteiger partial charge < -0.3 is 14.5 Å². The van der Waals surface area contributed by atoms with Gasteiger partial charge in [0.15, 0.2) is 0 Å². The first-order chi connectivity index (χ1) is 17.2. The Morgan fingerprint density at radius 3 is 2.41 bits per heavy atom. The number of pyridine rings is 2. The quantitative estimate of drug-likeness (QED) is 0.454. The number of piperazine rings is 1. The first kappa shape index (κ1) is 26.6. The molecule has 1 aliphatic rings. The summed E-state index contributed by atoms with van der Waals surface area (Å²) in [5.74, 6) is -0.359. The summed E-state index contributed by atoms with van der Waals surface area (Å²) in [6.07, 6.45) is -0.333. The summed E-state index contributed by atoms with van der Waals surface area (Å²) < 4.78 is 21.8. The zero-order valence-corrected chi connectivity index (χ0v) is 22.8. The number of amides is 1. The summed E-state index contributed by atoms with van der Waals surface area (Å²) in [7, 11) is 0. The zero-order valence-electron chi connectivity index (χ0n) is 22.8. The van der Waals surface area contributed by atoms with Crippen LogP contribution in [0.25, 0.3) is 22.3 Å².